The van der Waals surface area contributed by atoms with Crippen molar-refractivity contribution in [2.45, 2.75) is 13.8 Å². The number of carbonyl (C=O) groups is 1. The van der Waals surface area contributed by atoms with Gasteiger partial charge in [-0.1, -0.05) is 0 Å². The first-order chi connectivity index (χ1) is 3.72. The Hall–Kier alpha value is 0.150. The minimum Gasteiger partial charge on any atom is -0.530 e. The Morgan fingerprint density at radius 3 is 1.42 bits per heavy atom. The van der Waals surface area contributed by atoms with Crippen LogP contribution in [0.5, 0.6) is 0 Å². The molecule has 0 aromatic rings. The molecule has 72 valence electrons. The zero-order valence-electron chi connectivity index (χ0n) is 7.68. The Balaban J connectivity index is -0.0000000408. The van der Waals surface area contributed by atoms with Gasteiger partial charge in [-0.3, -0.25) is 0 Å². The van der Waals surface area contributed by atoms with E-state index in [2.05, 4.69) is 0 Å². The molecule has 12 heavy (non-hydrogen) atoms. The van der Waals surface area contributed by atoms with Crippen LogP contribution in [0.25, 0.3) is 0 Å². The molecule has 6 nitrogen and oxygen atoms in total. The fourth-order valence-electron chi connectivity index (χ4n) is 0.482. The van der Waals surface area contributed by atoms with Crippen molar-refractivity contribution < 1.29 is 55.9 Å². The van der Waals surface area contributed by atoms with Gasteiger partial charge in [0.1, 0.15) is 6.09 Å². The van der Waals surface area contributed by atoms with Crippen LogP contribution in [0.2, 0.25) is 0 Å². The summed E-state index contributed by atoms with van der Waals surface area (Å²) >= 11 is 0. The molecular weight excluding hydrogens is 177 g/mol. The summed E-state index contributed by atoms with van der Waals surface area (Å²) in [7, 11) is 0. The van der Waals surface area contributed by atoms with Crippen LogP contribution in [0.15, 0.2) is 0 Å². The van der Waals surface area contributed by atoms with E-state index in [0.29, 0.717) is 13.1 Å². The summed E-state index contributed by atoms with van der Waals surface area (Å²) in [6, 6.07) is 0. The van der Waals surface area contributed by atoms with Crippen LogP contribution in [-0.2, 0) is 0 Å². The average Bonchev–Trinajstić information content (AvgIpc) is 1.69. The van der Waals surface area contributed by atoms with Crippen molar-refractivity contribution in [2.75, 3.05) is 13.1 Å². The quantitative estimate of drug-likeness (QED) is 0.403. The van der Waals surface area contributed by atoms with Crippen LogP contribution in [0.3, 0.4) is 0 Å². The van der Waals surface area contributed by atoms with Gasteiger partial charge in [-0.25, -0.2) is 0 Å². The van der Waals surface area contributed by atoms with Gasteiger partial charge in [-0.05, 0) is 13.8 Å². The summed E-state index contributed by atoms with van der Waals surface area (Å²) in [6.07, 6.45) is -1.09. The van der Waals surface area contributed by atoms with Crippen LogP contribution in [0.1, 0.15) is 13.8 Å². The minimum absolute atomic E-state index is 0. The molecule has 0 rings (SSSR count). The first-order valence-electron chi connectivity index (χ1n) is 2.68. The van der Waals surface area contributed by atoms with Crippen molar-refractivity contribution in [1.29, 1.82) is 0 Å². The molecule has 0 aromatic carbocycles. The molecule has 0 aliphatic carbocycles. The third-order valence-corrected chi connectivity index (χ3v) is 1.02. The number of carboxylic acid groups (broad SMARTS) is 1. The van der Waals surface area contributed by atoms with E-state index in [4.69, 9.17) is 0 Å². The SMILES string of the molecule is CCN(CC)C(=O)[O-].O.O.O.[Na+]. The summed E-state index contributed by atoms with van der Waals surface area (Å²) in [4.78, 5) is 11.2. The second kappa shape index (κ2) is 17.3. The van der Waals surface area contributed by atoms with E-state index in [-0.39, 0.29) is 46.0 Å². The zero-order chi connectivity index (χ0) is 6.57. The fraction of sp³-hybridized carbons (Fsp3) is 0.800. The van der Waals surface area contributed by atoms with Crippen molar-refractivity contribution in [1.82, 2.24) is 4.90 Å². The number of hydrogen-bond acceptors (Lipinski definition) is 2. The van der Waals surface area contributed by atoms with Gasteiger partial charge in [-0.15, -0.1) is 0 Å². The Kier molecular flexibility index (Phi) is 42.6. The largest absolute Gasteiger partial charge is 1.00 e. The van der Waals surface area contributed by atoms with E-state index in [1.54, 1.807) is 13.8 Å². The third kappa shape index (κ3) is 12.8. The topological polar surface area (TPSA) is 138 Å². The molecule has 6 N–H and O–H groups in total. The third-order valence-electron chi connectivity index (χ3n) is 1.02. The maximum Gasteiger partial charge on any atom is 1.00 e. The van der Waals surface area contributed by atoms with Gasteiger partial charge in [0.2, 0.25) is 0 Å². The summed E-state index contributed by atoms with van der Waals surface area (Å²) in [5.41, 5.74) is 0. The summed E-state index contributed by atoms with van der Waals surface area (Å²) in [6.45, 7) is 4.58. The average molecular weight is 193 g/mol. The summed E-state index contributed by atoms with van der Waals surface area (Å²) in [5.74, 6) is 0. The molecule has 0 aliphatic rings. The number of carbonyl (C=O) groups excluding carboxylic acids is 1. The maximum atomic E-state index is 9.98. The molecule has 0 heterocycles. The number of hydrogen-bond donors (Lipinski definition) is 0. The molecule has 0 bridgehead atoms. The predicted octanol–water partition coefficient (Wildman–Crippen LogP) is -5.80. The molecule has 0 spiro atoms. The Morgan fingerprint density at radius 2 is 1.42 bits per heavy atom. The second-order valence-electron chi connectivity index (χ2n) is 1.44. The van der Waals surface area contributed by atoms with Gasteiger partial charge in [0.15, 0.2) is 0 Å². The van der Waals surface area contributed by atoms with Crippen molar-refractivity contribution in [3.8, 4) is 0 Å². The Morgan fingerprint density at radius 1 is 1.17 bits per heavy atom. The molecule has 0 saturated heterocycles. The van der Waals surface area contributed by atoms with Gasteiger partial charge < -0.3 is 31.2 Å². The molecule has 0 unspecified atom stereocenters. The maximum absolute atomic E-state index is 9.98. The second-order valence-corrected chi connectivity index (χ2v) is 1.44. The smallest absolute Gasteiger partial charge is 0.530 e. The Labute approximate surface area is 93.8 Å². The standard InChI is InChI=1S/C5H11NO2.Na.3H2O/c1-3-6(4-2)5(7)8;;;;/h3-4H2,1-2H3,(H,7,8);;3*1H2/q;+1;;;/p-1. The van der Waals surface area contributed by atoms with Crippen LogP contribution < -0.4 is 34.7 Å². The van der Waals surface area contributed by atoms with Crippen LogP contribution in [0.4, 0.5) is 4.79 Å². The van der Waals surface area contributed by atoms with Crippen molar-refractivity contribution in [3.05, 3.63) is 0 Å². The summed E-state index contributed by atoms with van der Waals surface area (Å²) in [5, 5.41) is 9.98. The molecule has 0 saturated carbocycles. The zero-order valence-corrected chi connectivity index (χ0v) is 9.68. The van der Waals surface area contributed by atoms with E-state index < -0.39 is 6.09 Å². The van der Waals surface area contributed by atoms with E-state index >= 15 is 0 Å². The monoisotopic (exact) mass is 193 g/mol. The van der Waals surface area contributed by atoms with E-state index in [1.165, 1.54) is 4.90 Å². The molecule has 0 radical (unpaired) electrons. The first kappa shape index (κ1) is 29.5. The van der Waals surface area contributed by atoms with Crippen molar-refractivity contribution in [3.63, 3.8) is 0 Å². The van der Waals surface area contributed by atoms with Gasteiger partial charge in [0.05, 0.1) is 0 Å². The first-order valence-corrected chi connectivity index (χ1v) is 2.68. The molecule has 0 atom stereocenters. The Bertz CT molecular complexity index is 87.9. The molecule has 0 aliphatic heterocycles. The van der Waals surface area contributed by atoms with E-state index in [1.807, 2.05) is 0 Å². The van der Waals surface area contributed by atoms with Gasteiger partial charge in [0.25, 0.3) is 0 Å². The van der Waals surface area contributed by atoms with Crippen LogP contribution in [0, 0.1) is 0 Å². The van der Waals surface area contributed by atoms with Gasteiger partial charge in [0, 0.05) is 13.1 Å². The predicted molar refractivity (Wildman–Crippen MR) is 39.2 cm³/mol. The van der Waals surface area contributed by atoms with Gasteiger partial charge >= 0.3 is 29.6 Å². The number of amides is 1. The summed E-state index contributed by atoms with van der Waals surface area (Å²) < 4.78 is 0. The number of rotatable bonds is 2. The number of nitrogens with zero attached hydrogens (tertiary/aromatic N) is 1. The van der Waals surface area contributed by atoms with E-state index in [9.17, 15) is 9.90 Å². The molecule has 0 aromatic heterocycles. The molecular formula is C5H16NNaO5. The van der Waals surface area contributed by atoms with Crippen molar-refractivity contribution >= 4 is 6.09 Å². The molecule has 7 heteroatoms. The minimum atomic E-state index is -1.09. The van der Waals surface area contributed by atoms with Crippen molar-refractivity contribution in [2.24, 2.45) is 0 Å². The molecule has 0 fully saturated rings. The molecule has 1 amide bonds. The van der Waals surface area contributed by atoms with E-state index in [0.717, 1.165) is 0 Å². The van der Waals surface area contributed by atoms with Crippen LogP contribution in [-0.4, -0.2) is 40.5 Å². The normalized spacial score (nSPS) is 5.83. The van der Waals surface area contributed by atoms with Gasteiger partial charge in [-0.2, -0.15) is 0 Å². The fourth-order valence-corrected chi connectivity index (χ4v) is 0.482. The van der Waals surface area contributed by atoms with Crippen LogP contribution >= 0.6 is 0 Å².